The average molecular weight is 1010 g/mol. The molecule has 0 aliphatic rings. The third-order valence-corrected chi connectivity index (χ3v) is 14.9. The zero-order chi connectivity index (χ0) is 42.1. The van der Waals surface area contributed by atoms with Crippen molar-refractivity contribution in [3.8, 4) is 0 Å². The molecule has 0 saturated heterocycles. The molecule has 61 heavy (non-hydrogen) atoms. The summed E-state index contributed by atoms with van der Waals surface area (Å²) in [5.74, 6) is 0. The molecule has 0 aliphatic carbocycles. The van der Waals surface area contributed by atoms with Crippen LogP contribution in [0.2, 0.25) is 0 Å². The second-order valence-electron chi connectivity index (χ2n) is 14.2. The van der Waals surface area contributed by atoms with Crippen LogP contribution < -0.4 is 31.8 Å². The first-order chi connectivity index (χ1) is 29.6. The van der Waals surface area contributed by atoms with Crippen LogP contribution in [-0.2, 0) is 37.6 Å². The van der Waals surface area contributed by atoms with E-state index < -0.39 is 15.8 Å². The SMILES string of the molecule is C=CC([CH2-])(CCc1ccccc1)CCc1ccccc1.[C-]#[O+].[Ir].c1ccc(P(c2ccccc2)c2ccccc2)cc1.c1ccc(P(c2ccccc2)c2ccccc2)cc1. The molecule has 8 aromatic carbocycles. The molecule has 0 saturated carbocycles. The zero-order valence-corrected chi connectivity index (χ0v) is 38.7. The van der Waals surface area contributed by atoms with E-state index in [1.54, 1.807) is 0 Å². The van der Waals surface area contributed by atoms with Crippen molar-refractivity contribution >= 4 is 47.7 Å². The molecule has 0 unspecified atom stereocenters. The number of benzene rings is 8. The maximum atomic E-state index is 7.50. The second-order valence-corrected chi connectivity index (χ2v) is 18.7. The van der Waals surface area contributed by atoms with Gasteiger partial charge in [0.05, 0.1) is 0 Å². The molecular formula is C57H53IrOP2-. The van der Waals surface area contributed by atoms with E-state index in [1.165, 1.54) is 43.0 Å². The Kier molecular flexibility index (Phi) is 21.9. The van der Waals surface area contributed by atoms with Gasteiger partial charge in [-0.15, -0.1) is 18.1 Å². The van der Waals surface area contributed by atoms with Crippen molar-refractivity contribution in [2.45, 2.75) is 25.7 Å². The Morgan fingerprint density at radius 2 is 0.557 bits per heavy atom. The Morgan fingerprint density at radius 3 is 0.738 bits per heavy atom. The Labute approximate surface area is 381 Å². The van der Waals surface area contributed by atoms with Crippen LogP contribution >= 0.6 is 15.8 Å². The van der Waals surface area contributed by atoms with Crippen LogP contribution in [0.4, 0.5) is 0 Å². The van der Waals surface area contributed by atoms with Gasteiger partial charge in [0.1, 0.15) is 0 Å². The zero-order valence-electron chi connectivity index (χ0n) is 34.6. The van der Waals surface area contributed by atoms with E-state index in [1.807, 2.05) is 6.08 Å². The molecule has 0 amide bonds. The van der Waals surface area contributed by atoms with Crippen molar-refractivity contribution in [1.29, 1.82) is 0 Å². The molecule has 0 N–H and O–H groups in total. The molecule has 0 aliphatic heterocycles. The maximum Gasteiger partial charge on any atom is 0 e. The van der Waals surface area contributed by atoms with E-state index in [2.05, 4.69) is 263 Å². The minimum absolute atomic E-state index is 0. The van der Waals surface area contributed by atoms with Crippen LogP contribution in [0.3, 0.4) is 0 Å². The summed E-state index contributed by atoms with van der Waals surface area (Å²) in [5.41, 5.74) is 2.72. The number of hydrogen-bond acceptors (Lipinski definition) is 0. The van der Waals surface area contributed by atoms with Gasteiger partial charge in [0.2, 0.25) is 0 Å². The molecule has 1 nitrogen and oxygen atoms in total. The summed E-state index contributed by atoms with van der Waals surface area (Å²) in [4.78, 5) is 0. The van der Waals surface area contributed by atoms with Gasteiger partial charge in [-0.05, 0) is 71.6 Å². The van der Waals surface area contributed by atoms with Gasteiger partial charge in [-0.3, -0.25) is 0 Å². The summed E-state index contributed by atoms with van der Waals surface area (Å²) in [6, 6.07) is 85.9. The minimum atomic E-state index is -0.446. The number of hydrogen-bond donors (Lipinski definition) is 0. The van der Waals surface area contributed by atoms with Gasteiger partial charge < -0.3 is 6.92 Å². The van der Waals surface area contributed by atoms with Crippen LogP contribution in [0.25, 0.3) is 0 Å². The van der Waals surface area contributed by atoms with Gasteiger partial charge in [-0.1, -0.05) is 255 Å². The van der Waals surface area contributed by atoms with E-state index in [0.717, 1.165) is 25.7 Å². The fourth-order valence-electron chi connectivity index (χ4n) is 6.76. The van der Waals surface area contributed by atoms with Gasteiger partial charge in [0, 0.05) is 20.1 Å². The van der Waals surface area contributed by atoms with Gasteiger partial charge in [0.25, 0.3) is 0 Å². The predicted octanol–water partition coefficient (Wildman–Crippen LogP) is 12.1. The molecule has 0 heterocycles. The van der Waals surface area contributed by atoms with Crippen LogP contribution in [0, 0.1) is 19.0 Å². The Bertz CT molecular complexity index is 1990. The third-order valence-electron chi connectivity index (χ3n) is 10.0. The fourth-order valence-corrected chi connectivity index (χ4v) is 11.4. The third kappa shape index (κ3) is 15.9. The molecule has 4 heteroatoms. The van der Waals surface area contributed by atoms with Gasteiger partial charge in [-0.25, -0.2) is 0 Å². The first-order valence-electron chi connectivity index (χ1n) is 20.3. The van der Waals surface area contributed by atoms with Crippen molar-refractivity contribution < 1.29 is 24.8 Å². The van der Waals surface area contributed by atoms with Crippen molar-refractivity contribution in [2.24, 2.45) is 5.41 Å². The summed E-state index contributed by atoms with van der Waals surface area (Å²) in [6.45, 7) is 12.9. The van der Waals surface area contributed by atoms with Crippen molar-refractivity contribution in [3.05, 3.63) is 280 Å². The smallest absolute Gasteiger partial charge is 0 e. The molecule has 1 radical (unpaired) electrons. The second kappa shape index (κ2) is 27.6. The molecular weight excluding hydrogens is 955 g/mol. The summed E-state index contributed by atoms with van der Waals surface area (Å²) in [5, 5.41) is 8.39. The number of aryl methyl sites for hydroxylation is 2. The summed E-state index contributed by atoms with van der Waals surface area (Å²) < 4.78 is 7.50. The molecule has 0 bridgehead atoms. The van der Waals surface area contributed by atoms with Gasteiger partial charge >= 0.3 is 11.3 Å². The van der Waals surface area contributed by atoms with E-state index in [-0.39, 0.29) is 25.5 Å². The first kappa shape index (κ1) is 48.4. The molecule has 8 rings (SSSR count). The quantitative estimate of drug-likeness (QED) is 0.0475. The standard InChI is InChI=1S/C20H23.2C18H15P.CO.Ir/c1-3-20(2,16-14-18-10-6-4-7-11-18)17-15-19-12-8-5-9-13-19;2*1-4-10-16(11-5-1)19(17-12-6-2-7-13-17)18-14-8-3-9-15-18;1-2;/h3-13H,1-2,14-17H2;2*1-15H;;/q-1;;;;. The maximum absolute atomic E-state index is 7.50. The van der Waals surface area contributed by atoms with Gasteiger partial charge in [-0.2, -0.15) is 0 Å². The number of allylic oxidation sites excluding steroid dienone is 1. The summed E-state index contributed by atoms with van der Waals surface area (Å²) in [6.07, 6.45) is 6.25. The molecule has 0 atom stereocenters. The largest absolute Gasteiger partial charge is 0.0622 e. The average Bonchev–Trinajstić information content (AvgIpc) is 3.34. The monoisotopic (exact) mass is 1010 g/mol. The van der Waals surface area contributed by atoms with E-state index >= 15 is 0 Å². The van der Waals surface area contributed by atoms with Crippen molar-refractivity contribution in [1.82, 2.24) is 0 Å². The van der Waals surface area contributed by atoms with Crippen LogP contribution in [0.15, 0.2) is 255 Å². The number of rotatable bonds is 13. The summed E-state index contributed by atoms with van der Waals surface area (Å²) in [7, 11) is -0.892. The van der Waals surface area contributed by atoms with Crippen LogP contribution in [-0.4, -0.2) is 0 Å². The van der Waals surface area contributed by atoms with E-state index in [9.17, 15) is 0 Å². The first-order valence-corrected chi connectivity index (χ1v) is 23.0. The van der Waals surface area contributed by atoms with E-state index in [4.69, 9.17) is 4.65 Å². The fraction of sp³-hybridized carbons (Fsp3) is 0.0877. The van der Waals surface area contributed by atoms with Crippen LogP contribution in [0.5, 0.6) is 0 Å². The normalized spacial score (nSPS) is 10.3. The minimum Gasteiger partial charge on any atom is -0.0622 e. The Hall–Kier alpha value is -5.25. The molecule has 0 fully saturated rings. The van der Waals surface area contributed by atoms with Crippen molar-refractivity contribution in [3.63, 3.8) is 0 Å². The predicted molar refractivity (Wildman–Crippen MR) is 262 cm³/mol. The topological polar surface area (TPSA) is 19.9 Å². The van der Waals surface area contributed by atoms with Gasteiger partial charge in [0.15, 0.2) is 0 Å². The summed E-state index contributed by atoms with van der Waals surface area (Å²) >= 11 is 0. The molecule has 0 spiro atoms. The molecule has 0 aromatic heterocycles. The Balaban J connectivity index is 0.000000196. The molecule has 8 aromatic rings. The molecule has 307 valence electrons. The van der Waals surface area contributed by atoms with Crippen LogP contribution in [0.1, 0.15) is 24.0 Å². The Morgan fingerprint density at radius 1 is 0.377 bits per heavy atom. The van der Waals surface area contributed by atoms with Crippen molar-refractivity contribution in [2.75, 3.05) is 0 Å². The van der Waals surface area contributed by atoms with E-state index in [0.29, 0.717) is 0 Å².